The number of amides is 1. The molecule has 0 saturated heterocycles. The maximum absolute atomic E-state index is 12.4. The number of pyridine rings is 1. The number of hydrogen-bond donors (Lipinski definition) is 1. The molecule has 0 aliphatic rings. The molecule has 0 spiro atoms. The number of hydrogen-bond acceptors (Lipinski definition) is 3. The standard InChI is InChI=1S/C21H21ClN2O2/c1-2-3-6-20(25)19(14-17-5-4-13-23-15-17)24-21(26)12-9-16-7-10-18(22)11-8-16/h4-5,7-15H,2-3,6H2,1H3,(H,24,26)/b12-9+,19-14-. The number of ketones is 1. The van der Waals surface area contributed by atoms with E-state index in [1.165, 1.54) is 6.08 Å². The molecular formula is C21H21ClN2O2. The van der Waals surface area contributed by atoms with E-state index in [9.17, 15) is 9.59 Å². The molecule has 26 heavy (non-hydrogen) atoms. The highest BCUT2D eigenvalue weighted by Gasteiger charge is 2.11. The molecule has 0 fully saturated rings. The first-order chi connectivity index (χ1) is 12.6. The van der Waals surface area contributed by atoms with Crippen LogP contribution in [0.5, 0.6) is 0 Å². The van der Waals surface area contributed by atoms with Crippen molar-refractivity contribution in [2.45, 2.75) is 26.2 Å². The van der Waals surface area contributed by atoms with E-state index in [1.54, 1.807) is 42.7 Å². The molecule has 0 radical (unpaired) electrons. The number of nitrogens with one attached hydrogen (secondary N) is 1. The first-order valence-electron chi connectivity index (χ1n) is 8.48. The van der Waals surface area contributed by atoms with Crippen molar-refractivity contribution in [1.82, 2.24) is 10.3 Å². The Bertz CT molecular complexity index is 797. The Labute approximate surface area is 158 Å². The van der Waals surface area contributed by atoms with Gasteiger partial charge in [-0.2, -0.15) is 0 Å². The van der Waals surface area contributed by atoms with Crippen LogP contribution in [0.4, 0.5) is 0 Å². The zero-order valence-electron chi connectivity index (χ0n) is 14.6. The Hall–Kier alpha value is -2.72. The molecule has 1 heterocycles. The second-order valence-electron chi connectivity index (χ2n) is 5.75. The summed E-state index contributed by atoms with van der Waals surface area (Å²) in [5.74, 6) is -0.455. The summed E-state index contributed by atoms with van der Waals surface area (Å²) in [6, 6.07) is 10.7. The Balaban J connectivity index is 2.12. The molecule has 0 saturated carbocycles. The van der Waals surface area contributed by atoms with E-state index in [2.05, 4.69) is 10.3 Å². The van der Waals surface area contributed by atoms with Crippen LogP contribution in [0.2, 0.25) is 5.02 Å². The van der Waals surface area contributed by atoms with E-state index in [0.717, 1.165) is 24.0 Å². The maximum Gasteiger partial charge on any atom is 0.248 e. The lowest BCUT2D eigenvalue weighted by molar-refractivity contribution is -0.120. The summed E-state index contributed by atoms with van der Waals surface area (Å²) >= 11 is 5.84. The summed E-state index contributed by atoms with van der Waals surface area (Å²) in [7, 11) is 0. The average Bonchev–Trinajstić information content (AvgIpc) is 2.66. The Kier molecular flexibility index (Phi) is 7.77. The summed E-state index contributed by atoms with van der Waals surface area (Å²) in [6.45, 7) is 2.02. The van der Waals surface area contributed by atoms with E-state index in [4.69, 9.17) is 11.6 Å². The molecule has 0 bridgehead atoms. The van der Waals surface area contributed by atoms with Gasteiger partial charge in [0.25, 0.3) is 0 Å². The average molecular weight is 369 g/mol. The molecule has 2 aromatic rings. The summed E-state index contributed by atoms with van der Waals surface area (Å²) < 4.78 is 0. The molecule has 1 aromatic heterocycles. The monoisotopic (exact) mass is 368 g/mol. The largest absolute Gasteiger partial charge is 0.319 e. The Morgan fingerprint density at radius 3 is 2.58 bits per heavy atom. The molecule has 4 nitrogen and oxygen atoms in total. The minimum atomic E-state index is -0.361. The van der Waals surface area contributed by atoms with Crippen molar-refractivity contribution in [3.05, 3.63) is 76.7 Å². The molecule has 134 valence electrons. The first-order valence-corrected chi connectivity index (χ1v) is 8.86. The number of allylic oxidation sites excluding steroid dienone is 1. The van der Waals surface area contributed by atoms with Gasteiger partial charge in [-0.25, -0.2) is 0 Å². The van der Waals surface area contributed by atoms with Crippen LogP contribution in [0.15, 0.2) is 60.6 Å². The van der Waals surface area contributed by atoms with E-state index in [0.29, 0.717) is 11.4 Å². The lowest BCUT2D eigenvalue weighted by atomic mass is 10.1. The maximum atomic E-state index is 12.4. The molecule has 0 aliphatic heterocycles. The minimum absolute atomic E-state index is 0.0936. The lowest BCUT2D eigenvalue weighted by Gasteiger charge is -2.07. The number of rotatable bonds is 8. The summed E-state index contributed by atoms with van der Waals surface area (Å²) in [5.41, 5.74) is 1.88. The van der Waals surface area contributed by atoms with Crippen LogP contribution in [0.3, 0.4) is 0 Å². The van der Waals surface area contributed by atoms with Crippen LogP contribution in [0.25, 0.3) is 12.2 Å². The van der Waals surface area contributed by atoms with Crippen molar-refractivity contribution in [3.8, 4) is 0 Å². The van der Waals surface area contributed by atoms with E-state index >= 15 is 0 Å². The SMILES string of the molecule is CCCCC(=O)/C(=C/c1cccnc1)NC(=O)/C=C/c1ccc(Cl)cc1. The van der Waals surface area contributed by atoms with Gasteiger partial charge in [-0.3, -0.25) is 14.6 Å². The number of benzene rings is 1. The molecule has 5 heteroatoms. The summed E-state index contributed by atoms with van der Waals surface area (Å²) in [5, 5.41) is 3.32. The molecular weight excluding hydrogens is 348 g/mol. The van der Waals surface area contributed by atoms with E-state index < -0.39 is 0 Å². The second kappa shape index (κ2) is 10.3. The number of unbranched alkanes of at least 4 members (excludes halogenated alkanes) is 1. The van der Waals surface area contributed by atoms with Crippen LogP contribution in [0.1, 0.15) is 37.3 Å². The van der Waals surface area contributed by atoms with Crippen molar-refractivity contribution in [3.63, 3.8) is 0 Å². The van der Waals surface area contributed by atoms with Crippen molar-refractivity contribution < 1.29 is 9.59 Å². The van der Waals surface area contributed by atoms with Crippen molar-refractivity contribution >= 4 is 35.4 Å². The first kappa shape index (κ1) is 19.6. The van der Waals surface area contributed by atoms with Gasteiger partial charge in [0, 0.05) is 29.9 Å². The Morgan fingerprint density at radius 2 is 1.92 bits per heavy atom. The van der Waals surface area contributed by atoms with Gasteiger partial charge in [0.15, 0.2) is 5.78 Å². The smallest absolute Gasteiger partial charge is 0.248 e. The van der Waals surface area contributed by atoms with Crippen LogP contribution >= 0.6 is 11.6 Å². The fraction of sp³-hybridized carbons (Fsp3) is 0.190. The van der Waals surface area contributed by atoms with E-state index in [-0.39, 0.29) is 17.4 Å². The lowest BCUT2D eigenvalue weighted by Crippen LogP contribution is -2.25. The van der Waals surface area contributed by atoms with Crippen LogP contribution < -0.4 is 5.32 Å². The van der Waals surface area contributed by atoms with Gasteiger partial charge >= 0.3 is 0 Å². The Morgan fingerprint density at radius 1 is 1.15 bits per heavy atom. The van der Waals surface area contributed by atoms with Gasteiger partial charge < -0.3 is 5.32 Å². The van der Waals surface area contributed by atoms with Gasteiger partial charge in [-0.05, 0) is 47.9 Å². The van der Waals surface area contributed by atoms with Crippen LogP contribution in [-0.2, 0) is 9.59 Å². The van der Waals surface area contributed by atoms with E-state index in [1.807, 2.05) is 25.1 Å². The highest BCUT2D eigenvalue weighted by atomic mass is 35.5. The molecule has 1 amide bonds. The fourth-order valence-corrected chi connectivity index (χ4v) is 2.33. The number of nitrogens with zero attached hydrogens (tertiary/aromatic N) is 1. The summed E-state index contributed by atoms with van der Waals surface area (Å²) in [6.07, 6.45) is 10.1. The van der Waals surface area contributed by atoms with Gasteiger partial charge in [-0.1, -0.05) is 43.1 Å². The predicted octanol–water partition coefficient (Wildman–Crippen LogP) is 4.66. The third-order valence-corrected chi connectivity index (χ3v) is 3.86. The number of Topliss-reactive ketones (excluding diaryl/α,β-unsaturated/α-hetero) is 1. The molecule has 2 rings (SSSR count). The van der Waals surface area contributed by atoms with Gasteiger partial charge in [0.05, 0.1) is 5.70 Å². The quantitative estimate of drug-likeness (QED) is 0.689. The highest BCUT2D eigenvalue weighted by Crippen LogP contribution is 2.11. The normalized spacial score (nSPS) is 11.5. The van der Waals surface area contributed by atoms with Crippen molar-refractivity contribution in [2.24, 2.45) is 0 Å². The highest BCUT2D eigenvalue weighted by molar-refractivity contribution is 6.30. The topological polar surface area (TPSA) is 59.1 Å². The number of halogens is 1. The van der Waals surface area contributed by atoms with Crippen molar-refractivity contribution in [1.29, 1.82) is 0 Å². The number of aromatic nitrogens is 1. The molecule has 0 unspecified atom stereocenters. The number of carbonyl (C=O) groups is 2. The fourth-order valence-electron chi connectivity index (χ4n) is 2.21. The van der Waals surface area contributed by atoms with Crippen LogP contribution in [-0.4, -0.2) is 16.7 Å². The second-order valence-corrected chi connectivity index (χ2v) is 6.18. The summed E-state index contributed by atoms with van der Waals surface area (Å²) in [4.78, 5) is 28.7. The third-order valence-electron chi connectivity index (χ3n) is 3.61. The van der Waals surface area contributed by atoms with Crippen molar-refractivity contribution in [2.75, 3.05) is 0 Å². The van der Waals surface area contributed by atoms with Gasteiger partial charge in [0.2, 0.25) is 5.91 Å². The van der Waals surface area contributed by atoms with Gasteiger partial charge in [0.1, 0.15) is 0 Å². The van der Waals surface area contributed by atoms with Gasteiger partial charge in [-0.15, -0.1) is 0 Å². The third kappa shape index (κ3) is 6.65. The van der Waals surface area contributed by atoms with Crippen LogP contribution in [0, 0.1) is 0 Å². The minimum Gasteiger partial charge on any atom is -0.319 e. The zero-order valence-corrected chi connectivity index (χ0v) is 15.4. The number of carbonyl (C=O) groups excluding carboxylic acids is 2. The molecule has 1 N–H and O–H groups in total. The molecule has 0 aliphatic carbocycles. The zero-order chi connectivity index (χ0) is 18.8. The molecule has 1 aromatic carbocycles. The molecule has 0 atom stereocenters. The predicted molar refractivity (Wildman–Crippen MR) is 105 cm³/mol.